The summed E-state index contributed by atoms with van der Waals surface area (Å²) in [5, 5.41) is 1.78. The number of rotatable bonds is 8. The van der Waals surface area contributed by atoms with Gasteiger partial charge < -0.3 is 54.6 Å². The molecule has 0 fully saturated rings. The zero-order valence-electron chi connectivity index (χ0n) is 38.0. The van der Waals surface area contributed by atoms with Crippen molar-refractivity contribution in [2.24, 2.45) is 0 Å². The molecule has 1 radical (unpaired) electrons. The molecular weight excluding hydrogens is 1160 g/mol. The van der Waals surface area contributed by atoms with E-state index in [1.54, 1.807) is 6.07 Å². The van der Waals surface area contributed by atoms with Gasteiger partial charge in [-0.2, -0.15) is 15.0 Å². The van der Waals surface area contributed by atoms with Gasteiger partial charge in [0.1, 0.15) is 30.4 Å². The van der Waals surface area contributed by atoms with Crippen molar-refractivity contribution in [3.8, 4) is 45.6 Å². The van der Waals surface area contributed by atoms with E-state index in [0.29, 0.717) is 5.69 Å². The van der Waals surface area contributed by atoms with E-state index in [2.05, 4.69) is 64.9 Å². The summed E-state index contributed by atoms with van der Waals surface area (Å²) in [6.07, 6.45) is 0. The number of benzene rings is 5. The van der Waals surface area contributed by atoms with Gasteiger partial charge in [-0.1, -0.05) is 48.5 Å². The third-order valence-corrected chi connectivity index (χ3v) is 14.9. The minimum atomic E-state index is -5.28. The molecule has 11 rings (SSSR count). The summed E-state index contributed by atoms with van der Waals surface area (Å²) in [5.74, 6) is -1.65. The second-order valence-electron chi connectivity index (χ2n) is 15.2. The zero-order chi connectivity index (χ0) is 49.9. The van der Waals surface area contributed by atoms with Crippen molar-refractivity contribution in [3.63, 3.8) is 0 Å². The molecule has 0 aliphatic carbocycles. The van der Waals surface area contributed by atoms with Crippen molar-refractivity contribution in [1.29, 1.82) is 0 Å². The Bertz CT molecular complexity index is 4480. The Hall–Kier alpha value is -4.64. The molecule has 5 aromatic carbocycles. The van der Waals surface area contributed by atoms with Gasteiger partial charge in [0.05, 0.1) is 48.6 Å². The first-order chi connectivity index (χ1) is 33.6. The molecule has 365 valence electrons. The summed E-state index contributed by atoms with van der Waals surface area (Å²) in [6, 6.07) is 20.3. The van der Waals surface area contributed by atoms with Crippen LogP contribution in [0.2, 0.25) is 5.28 Å². The smallest absolute Gasteiger partial charge is 0.744 e. The Morgan fingerprint density at radius 2 is 0.987 bits per heavy atom. The quantitative estimate of drug-likeness (QED) is 0.0945. The molecule has 8 bridgehead atoms. The number of hydrogen-bond donors (Lipinski definition) is 3. The molecule has 0 spiro atoms. The van der Waals surface area contributed by atoms with E-state index >= 15 is 0 Å². The fourth-order valence-corrected chi connectivity index (χ4v) is 11.2. The van der Waals surface area contributed by atoms with Gasteiger partial charge in [-0.15, -0.1) is 0 Å². The summed E-state index contributed by atoms with van der Waals surface area (Å²) in [7, 11) is -20.3. The molecule has 4 N–H and O–H groups in total. The van der Waals surface area contributed by atoms with Crippen LogP contribution in [-0.2, 0) is 57.4 Å². The minimum absolute atomic E-state index is 0. The van der Waals surface area contributed by atoms with Crippen LogP contribution in [-0.4, -0.2) is 92.2 Å². The van der Waals surface area contributed by atoms with Crippen LogP contribution in [0.4, 0.5) is 23.3 Å². The first kappa shape index (κ1) is 58.1. The predicted molar refractivity (Wildman–Crippen MR) is 248 cm³/mol. The molecular formula is C41H20ClCuN14Na3O11S4. The number of hydrogen-bond acceptors (Lipinski definition) is 22. The maximum Gasteiger partial charge on any atom is 2.00 e. The topological polar surface area (TPSA) is 400 Å². The Morgan fingerprint density at radius 1 is 0.493 bits per heavy atom. The second-order valence-corrected chi connectivity index (χ2v) is 21.3. The van der Waals surface area contributed by atoms with Crippen molar-refractivity contribution < 1.29 is 153 Å². The number of nitrogens with one attached hydrogen (secondary N) is 2. The summed E-state index contributed by atoms with van der Waals surface area (Å²) < 4.78 is 146. The van der Waals surface area contributed by atoms with Crippen LogP contribution < -0.4 is 114 Å². The predicted octanol–water partition coefficient (Wildman–Crippen LogP) is -5.19. The van der Waals surface area contributed by atoms with Gasteiger partial charge in [-0.25, -0.2) is 43.6 Å². The average Bonchev–Trinajstić information content (AvgIpc) is 4.03. The molecule has 0 saturated carbocycles. The standard InChI is InChI=1S/C41H23ClN14O11S4.Cu.3Na/c42-39-53-40(43)55-41(54-39)44-17-5-1-6-18(15-17)56-68(57,58)19-13-14-20-24(16-19)35-45-31(20)47-36-29-22(8-3-11-26(29)70(62,63)64)33(49-36)51-38-30-23(9-4-12-27(30)71(65,66)67)34(52-38)50-37-28-21(32(46-35)48-37)7-2-10-25(28)69(59,60)61;;;;/h1-16,56H,(H6-2,43,44,45,46,47,48,49,50,51,52,53,54,55,59,60,61,62,63,64,65,66,67);;;;/q-2;+2;3*+1/p-3. The number of nitrogens with two attached hydrogens (primary N) is 1. The van der Waals surface area contributed by atoms with E-state index in [-0.39, 0.29) is 206 Å². The van der Waals surface area contributed by atoms with E-state index in [1.807, 2.05) is 0 Å². The minimum Gasteiger partial charge on any atom is -0.744 e. The zero-order valence-corrected chi connectivity index (χ0v) is 49.0. The number of nitrogens with zero attached hydrogens (tertiary/aromatic N) is 11. The van der Waals surface area contributed by atoms with E-state index in [9.17, 15) is 47.3 Å². The van der Waals surface area contributed by atoms with Crippen molar-refractivity contribution in [2.45, 2.75) is 19.6 Å². The number of fused-ring (bicyclic) bond motifs is 20. The molecule has 0 saturated heterocycles. The molecule has 0 amide bonds. The summed E-state index contributed by atoms with van der Waals surface area (Å²) in [5.41, 5.74) is 3.99. The van der Waals surface area contributed by atoms with Crippen LogP contribution in [0.5, 0.6) is 0 Å². The van der Waals surface area contributed by atoms with E-state index in [1.165, 1.54) is 72.8 Å². The monoisotopic (exact) mass is 1180 g/mol. The second kappa shape index (κ2) is 21.3. The van der Waals surface area contributed by atoms with Gasteiger partial charge in [-0.05, 0) is 70.9 Å². The van der Waals surface area contributed by atoms with Crippen LogP contribution in [0, 0.1) is 0 Å². The van der Waals surface area contributed by atoms with Gasteiger partial charge in [-0.3, -0.25) is 4.72 Å². The van der Waals surface area contributed by atoms with Crippen molar-refractivity contribution in [2.75, 3.05) is 15.8 Å². The number of nitrogen functional groups attached to an aromatic ring is 1. The number of sulfonamides is 1. The Morgan fingerprint density at radius 3 is 1.57 bits per heavy atom. The van der Waals surface area contributed by atoms with Gasteiger partial charge in [0.15, 0.2) is 0 Å². The normalized spacial score (nSPS) is 12.1. The van der Waals surface area contributed by atoms with Crippen LogP contribution in [0.1, 0.15) is 0 Å². The fraction of sp³-hybridized carbons (Fsp3) is 0. The fourth-order valence-electron chi connectivity index (χ4n) is 7.90. The summed E-state index contributed by atoms with van der Waals surface area (Å²) in [4.78, 5) is 44.9. The SMILES string of the molecule is Nc1nc(Cl)nc(Nc2cccc(NS(=O)(=O)c3ccc4c(c3)-c3nc-4nc4[n-]c(nc5nc(nc6[n-]c(n3)c3cccc(S(=O)(=O)[O-])c63)-c3cccc(S(=O)(=O)[O-])c3-5)c3cccc(S(=O)(=O)[O-])c43)c2)n1.[Cu+2].[Na+].[Na+].[Na+]. The molecule has 2 aliphatic rings. The first-order valence-corrected chi connectivity index (χ1v) is 25.9. The van der Waals surface area contributed by atoms with Gasteiger partial charge in [0.25, 0.3) is 10.0 Å². The number of halogens is 1. The van der Waals surface area contributed by atoms with E-state index < -0.39 is 72.2 Å². The molecule has 9 aromatic rings. The van der Waals surface area contributed by atoms with Crippen molar-refractivity contribution >= 4 is 119 Å². The van der Waals surface area contributed by atoms with E-state index in [0.717, 1.165) is 18.2 Å². The summed E-state index contributed by atoms with van der Waals surface area (Å²) in [6.45, 7) is 0. The number of aromatic nitrogens is 11. The van der Waals surface area contributed by atoms with Crippen LogP contribution in [0.3, 0.4) is 0 Å². The molecule has 34 heteroatoms. The molecule has 4 aromatic heterocycles. The largest absolute Gasteiger partial charge is 2.00 e. The third-order valence-electron chi connectivity index (χ3n) is 10.8. The van der Waals surface area contributed by atoms with Gasteiger partial charge >= 0.3 is 106 Å². The molecule has 0 unspecified atom stereocenters. The Balaban J connectivity index is 0.00000205. The van der Waals surface area contributed by atoms with Gasteiger partial charge in [0.2, 0.25) is 17.2 Å². The molecule has 25 nitrogen and oxygen atoms in total. The Kier molecular flexibility index (Phi) is 16.5. The summed E-state index contributed by atoms with van der Waals surface area (Å²) >= 11 is 5.90. The molecule has 6 heterocycles. The van der Waals surface area contributed by atoms with Crippen molar-refractivity contribution in [3.05, 3.63) is 102 Å². The van der Waals surface area contributed by atoms with Gasteiger partial charge in [0, 0.05) is 61.3 Å². The van der Waals surface area contributed by atoms with Crippen molar-refractivity contribution in [1.82, 2.24) is 54.8 Å². The van der Waals surface area contributed by atoms with Crippen LogP contribution >= 0.6 is 11.6 Å². The average molecular weight is 1180 g/mol. The maximum absolute atomic E-state index is 14.1. The molecule has 0 atom stereocenters. The van der Waals surface area contributed by atoms with Crippen LogP contribution in [0.25, 0.3) is 89.7 Å². The van der Waals surface area contributed by atoms with E-state index in [4.69, 9.17) is 17.3 Å². The maximum atomic E-state index is 14.1. The van der Waals surface area contributed by atoms with Crippen LogP contribution in [0.15, 0.2) is 117 Å². The Labute approximate surface area is 504 Å². The number of anilines is 4. The third kappa shape index (κ3) is 11.0. The first-order valence-electron chi connectivity index (χ1n) is 19.8. The molecule has 75 heavy (non-hydrogen) atoms. The molecule has 2 aliphatic heterocycles.